The predicted octanol–water partition coefficient (Wildman–Crippen LogP) is 14.7. The summed E-state index contributed by atoms with van der Waals surface area (Å²) in [6.45, 7) is 0. The zero-order valence-corrected chi connectivity index (χ0v) is 31.2. The van der Waals surface area contributed by atoms with Gasteiger partial charge in [0, 0.05) is 50.0 Å². The molecule has 3 nitrogen and oxygen atoms in total. The average Bonchev–Trinajstić information content (AvgIpc) is 3.80. The van der Waals surface area contributed by atoms with Crippen LogP contribution in [-0.4, -0.2) is 9.13 Å². The largest absolute Gasteiger partial charge is 0.310 e. The maximum atomic E-state index is 2.43. The molecular formula is C54H37N3. The van der Waals surface area contributed by atoms with Crippen molar-refractivity contribution < 1.29 is 0 Å². The minimum Gasteiger partial charge on any atom is -0.310 e. The zero-order valence-electron chi connectivity index (χ0n) is 31.2. The highest BCUT2D eigenvalue weighted by atomic mass is 15.1. The summed E-state index contributed by atoms with van der Waals surface area (Å²) in [5.41, 5.74) is 15.1. The van der Waals surface area contributed by atoms with Crippen molar-refractivity contribution in [3.05, 3.63) is 224 Å². The van der Waals surface area contributed by atoms with E-state index in [1.165, 1.54) is 65.9 Å². The van der Waals surface area contributed by atoms with Crippen molar-refractivity contribution in [2.75, 3.05) is 4.90 Å². The first kappa shape index (κ1) is 32.8. The molecule has 0 saturated carbocycles. The van der Waals surface area contributed by atoms with Gasteiger partial charge in [0.05, 0.1) is 22.1 Å². The van der Waals surface area contributed by atoms with Crippen LogP contribution in [0.25, 0.3) is 77.2 Å². The first-order chi connectivity index (χ1) is 28.3. The van der Waals surface area contributed by atoms with Gasteiger partial charge in [-0.2, -0.15) is 0 Å². The Kier molecular flexibility index (Phi) is 7.82. The molecule has 0 aliphatic heterocycles. The van der Waals surface area contributed by atoms with Crippen molar-refractivity contribution in [2.24, 2.45) is 0 Å². The summed E-state index contributed by atoms with van der Waals surface area (Å²) in [6, 6.07) is 81.2. The lowest BCUT2D eigenvalue weighted by Crippen LogP contribution is -2.10. The van der Waals surface area contributed by atoms with E-state index in [2.05, 4.69) is 238 Å². The van der Waals surface area contributed by atoms with Crippen molar-refractivity contribution in [3.63, 3.8) is 0 Å². The van der Waals surface area contributed by atoms with Crippen LogP contribution < -0.4 is 4.90 Å². The number of aromatic nitrogens is 2. The lowest BCUT2D eigenvalue weighted by molar-refractivity contribution is 1.18. The number of fused-ring (bicyclic) bond motifs is 6. The van der Waals surface area contributed by atoms with E-state index < -0.39 is 0 Å². The van der Waals surface area contributed by atoms with Gasteiger partial charge in [0.2, 0.25) is 0 Å². The van der Waals surface area contributed by atoms with Crippen molar-refractivity contribution in [1.82, 2.24) is 9.13 Å². The molecule has 2 heterocycles. The van der Waals surface area contributed by atoms with Gasteiger partial charge in [0.15, 0.2) is 0 Å². The highest BCUT2D eigenvalue weighted by molar-refractivity contribution is 6.17. The third-order valence-electron chi connectivity index (χ3n) is 11.3. The number of hydrogen-bond acceptors (Lipinski definition) is 1. The first-order valence-electron chi connectivity index (χ1n) is 19.5. The van der Waals surface area contributed by atoms with E-state index in [1.807, 2.05) is 0 Å². The van der Waals surface area contributed by atoms with Gasteiger partial charge in [-0.3, -0.25) is 0 Å². The van der Waals surface area contributed by atoms with Crippen LogP contribution in [0.4, 0.5) is 17.1 Å². The Morgan fingerprint density at radius 2 is 0.754 bits per heavy atom. The fourth-order valence-corrected chi connectivity index (χ4v) is 8.77. The fraction of sp³-hybridized carbons (Fsp3) is 0. The summed E-state index contributed by atoms with van der Waals surface area (Å²) in [5, 5.41) is 4.88. The van der Waals surface area contributed by atoms with Gasteiger partial charge in [-0.1, -0.05) is 140 Å². The molecule has 0 radical (unpaired) electrons. The van der Waals surface area contributed by atoms with E-state index in [9.17, 15) is 0 Å². The number of rotatable bonds is 7. The monoisotopic (exact) mass is 727 g/mol. The van der Waals surface area contributed by atoms with Crippen LogP contribution in [0.2, 0.25) is 0 Å². The van der Waals surface area contributed by atoms with Crippen LogP contribution in [0.15, 0.2) is 224 Å². The Balaban J connectivity index is 1.19. The SMILES string of the molecule is c1ccc(-c2cccc(N(c3ccc4c(c3)c3ccccc3n4-c3ccccc3)c3ccc4c(c3)c3c(-c5ccccc5)cccc3n4-c3ccccc3)c2)cc1. The van der Waals surface area contributed by atoms with E-state index in [-0.39, 0.29) is 0 Å². The summed E-state index contributed by atoms with van der Waals surface area (Å²) < 4.78 is 4.79. The smallest absolute Gasteiger partial charge is 0.0547 e. The van der Waals surface area contributed by atoms with Gasteiger partial charge in [-0.15, -0.1) is 0 Å². The normalized spacial score (nSPS) is 11.5. The number of benzene rings is 9. The maximum Gasteiger partial charge on any atom is 0.0547 e. The predicted molar refractivity (Wildman–Crippen MR) is 241 cm³/mol. The molecule has 57 heavy (non-hydrogen) atoms. The summed E-state index contributed by atoms with van der Waals surface area (Å²) in [5.74, 6) is 0. The fourth-order valence-electron chi connectivity index (χ4n) is 8.77. The highest BCUT2D eigenvalue weighted by Gasteiger charge is 2.21. The van der Waals surface area contributed by atoms with Crippen molar-refractivity contribution in [3.8, 4) is 33.6 Å². The molecule has 268 valence electrons. The van der Waals surface area contributed by atoms with Crippen LogP contribution in [0, 0.1) is 0 Å². The maximum absolute atomic E-state index is 2.43. The van der Waals surface area contributed by atoms with Crippen molar-refractivity contribution in [2.45, 2.75) is 0 Å². The second-order valence-corrected chi connectivity index (χ2v) is 14.6. The van der Waals surface area contributed by atoms with Crippen molar-refractivity contribution in [1.29, 1.82) is 0 Å². The Morgan fingerprint density at radius 1 is 0.281 bits per heavy atom. The Hall–Kier alpha value is -7.62. The second-order valence-electron chi connectivity index (χ2n) is 14.6. The number of hydrogen-bond donors (Lipinski definition) is 0. The second kappa shape index (κ2) is 13.6. The number of anilines is 3. The minimum atomic E-state index is 1.09. The molecule has 0 saturated heterocycles. The van der Waals surface area contributed by atoms with E-state index in [0.717, 1.165) is 28.4 Å². The van der Waals surface area contributed by atoms with Crippen LogP contribution in [0.3, 0.4) is 0 Å². The summed E-state index contributed by atoms with van der Waals surface area (Å²) in [7, 11) is 0. The molecule has 9 aromatic carbocycles. The van der Waals surface area contributed by atoms with Gasteiger partial charge in [-0.05, 0) is 107 Å². The zero-order chi connectivity index (χ0) is 37.7. The molecule has 0 aliphatic rings. The summed E-state index contributed by atoms with van der Waals surface area (Å²) in [6.07, 6.45) is 0. The van der Waals surface area contributed by atoms with Crippen LogP contribution in [0.5, 0.6) is 0 Å². The quantitative estimate of drug-likeness (QED) is 0.159. The third-order valence-corrected chi connectivity index (χ3v) is 11.3. The number of para-hydroxylation sites is 3. The molecule has 3 heteroatoms. The molecule has 11 aromatic rings. The molecule has 0 fully saturated rings. The highest BCUT2D eigenvalue weighted by Crippen LogP contribution is 2.44. The van der Waals surface area contributed by atoms with Gasteiger partial charge < -0.3 is 14.0 Å². The van der Waals surface area contributed by atoms with E-state index in [4.69, 9.17) is 0 Å². The molecule has 0 N–H and O–H groups in total. The van der Waals surface area contributed by atoms with Crippen LogP contribution in [0.1, 0.15) is 0 Å². The first-order valence-corrected chi connectivity index (χ1v) is 19.5. The van der Waals surface area contributed by atoms with E-state index in [0.29, 0.717) is 0 Å². The van der Waals surface area contributed by atoms with E-state index >= 15 is 0 Å². The lowest BCUT2D eigenvalue weighted by atomic mass is 9.99. The molecule has 0 spiro atoms. The molecule has 11 rings (SSSR count). The van der Waals surface area contributed by atoms with Gasteiger partial charge in [-0.25, -0.2) is 0 Å². The third kappa shape index (κ3) is 5.51. The Bertz CT molecular complexity index is 3220. The topological polar surface area (TPSA) is 13.1 Å². The standard InChI is InChI=1S/C54H37N3/c1-5-17-38(18-6-1)40-21-15-26-43(35-40)55(44-31-33-51-48(36-44)47-27-13-14-29-50(47)56(51)41-22-9-3-10-23-41)45-32-34-52-49(37-45)54-46(39-19-7-2-8-20-39)28-16-30-53(54)57(52)42-24-11-4-12-25-42/h1-37H. The Morgan fingerprint density at radius 3 is 1.44 bits per heavy atom. The number of nitrogens with zero attached hydrogens (tertiary/aromatic N) is 3. The summed E-state index contributed by atoms with van der Waals surface area (Å²) >= 11 is 0. The molecule has 0 unspecified atom stereocenters. The van der Waals surface area contributed by atoms with E-state index in [1.54, 1.807) is 0 Å². The van der Waals surface area contributed by atoms with Crippen LogP contribution in [-0.2, 0) is 0 Å². The molecule has 0 aliphatic carbocycles. The summed E-state index contributed by atoms with van der Waals surface area (Å²) in [4.78, 5) is 2.43. The van der Waals surface area contributed by atoms with Crippen molar-refractivity contribution >= 4 is 60.7 Å². The van der Waals surface area contributed by atoms with Gasteiger partial charge in [0.25, 0.3) is 0 Å². The molecule has 0 amide bonds. The van der Waals surface area contributed by atoms with Gasteiger partial charge in [0.1, 0.15) is 0 Å². The van der Waals surface area contributed by atoms with Gasteiger partial charge >= 0.3 is 0 Å². The molecular weight excluding hydrogens is 691 g/mol. The molecule has 2 aromatic heterocycles. The lowest BCUT2D eigenvalue weighted by Gasteiger charge is -2.26. The Labute approximate surface area is 331 Å². The molecule has 0 atom stereocenters. The van der Waals surface area contributed by atoms with Crippen LogP contribution >= 0.6 is 0 Å². The minimum absolute atomic E-state index is 1.09. The molecule has 0 bridgehead atoms. The average molecular weight is 728 g/mol.